The van der Waals surface area contributed by atoms with Crippen LogP contribution >= 0.6 is 11.3 Å². The van der Waals surface area contributed by atoms with Crippen LogP contribution in [0.1, 0.15) is 42.1 Å². The number of rotatable bonds is 3. The number of nitrogens with two attached hydrogens (primary N) is 1. The molecule has 0 saturated carbocycles. The van der Waals surface area contributed by atoms with E-state index in [4.69, 9.17) is 5.73 Å². The molecule has 2 rings (SSSR count). The average molecular weight is 267 g/mol. The molecule has 3 N–H and O–H groups in total. The first-order valence-corrected chi connectivity index (χ1v) is 6.90. The van der Waals surface area contributed by atoms with Crippen LogP contribution in [0.2, 0.25) is 0 Å². The number of ketones is 1. The van der Waals surface area contributed by atoms with Gasteiger partial charge in [-0.05, 0) is 18.8 Å². The SMILES string of the molecule is CC(C)[C@H](N)C(=O)Nc1nc2c(s1)C(=O)CCC2. The zero-order chi connectivity index (χ0) is 13.3. The first kappa shape index (κ1) is 13.2. The van der Waals surface area contributed by atoms with E-state index in [9.17, 15) is 9.59 Å². The molecule has 1 heterocycles. The van der Waals surface area contributed by atoms with E-state index in [0.29, 0.717) is 16.4 Å². The highest BCUT2D eigenvalue weighted by Gasteiger charge is 2.24. The van der Waals surface area contributed by atoms with Crippen molar-refractivity contribution in [3.63, 3.8) is 0 Å². The second kappa shape index (κ2) is 5.16. The van der Waals surface area contributed by atoms with E-state index in [0.717, 1.165) is 18.5 Å². The van der Waals surface area contributed by atoms with Crippen LogP contribution in [-0.2, 0) is 11.2 Å². The number of amides is 1. The number of hydrogen-bond donors (Lipinski definition) is 2. The highest BCUT2D eigenvalue weighted by Crippen LogP contribution is 2.29. The molecule has 0 radical (unpaired) electrons. The van der Waals surface area contributed by atoms with Crippen molar-refractivity contribution in [2.75, 3.05) is 5.32 Å². The van der Waals surface area contributed by atoms with Gasteiger partial charge in [0, 0.05) is 6.42 Å². The number of nitrogens with one attached hydrogen (secondary N) is 1. The summed E-state index contributed by atoms with van der Waals surface area (Å²) in [6.07, 6.45) is 2.23. The largest absolute Gasteiger partial charge is 0.320 e. The maximum Gasteiger partial charge on any atom is 0.243 e. The van der Waals surface area contributed by atoms with Crippen molar-refractivity contribution in [2.24, 2.45) is 11.7 Å². The van der Waals surface area contributed by atoms with Crippen molar-refractivity contribution < 1.29 is 9.59 Å². The van der Waals surface area contributed by atoms with Crippen molar-refractivity contribution in [1.29, 1.82) is 0 Å². The van der Waals surface area contributed by atoms with Gasteiger partial charge in [-0.3, -0.25) is 9.59 Å². The summed E-state index contributed by atoms with van der Waals surface area (Å²) in [5.74, 6) is -0.0489. The Bertz CT molecular complexity index is 482. The third kappa shape index (κ3) is 2.59. The van der Waals surface area contributed by atoms with Crippen LogP contribution in [0.5, 0.6) is 0 Å². The highest BCUT2D eigenvalue weighted by atomic mass is 32.1. The lowest BCUT2D eigenvalue weighted by molar-refractivity contribution is -0.118. The predicted molar refractivity (Wildman–Crippen MR) is 70.8 cm³/mol. The molecule has 6 heteroatoms. The Balaban J connectivity index is 2.11. The predicted octanol–water partition coefficient (Wildman–Crippen LogP) is 1.58. The highest BCUT2D eigenvalue weighted by molar-refractivity contribution is 7.17. The first-order valence-electron chi connectivity index (χ1n) is 6.08. The maximum absolute atomic E-state index is 11.8. The number of carbonyl (C=O) groups excluding carboxylic acids is 2. The number of nitrogens with zero attached hydrogens (tertiary/aromatic N) is 1. The average Bonchev–Trinajstić information content (AvgIpc) is 2.71. The molecule has 1 aliphatic carbocycles. The van der Waals surface area contributed by atoms with Gasteiger partial charge < -0.3 is 11.1 Å². The molecule has 1 aromatic rings. The van der Waals surface area contributed by atoms with Gasteiger partial charge >= 0.3 is 0 Å². The van der Waals surface area contributed by atoms with Crippen molar-refractivity contribution in [3.8, 4) is 0 Å². The monoisotopic (exact) mass is 267 g/mol. The maximum atomic E-state index is 11.8. The van der Waals surface area contributed by atoms with E-state index < -0.39 is 6.04 Å². The Kier molecular flexibility index (Phi) is 3.77. The summed E-state index contributed by atoms with van der Waals surface area (Å²) in [7, 11) is 0. The summed E-state index contributed by atoms with van der Waals surface area (Å²) >= 11 is 1.25. The number of Topliss-reactive ketones (excluding diaryl/α,β-unsaturated/α-hetero) is 1. The summed E-state index contributed by atoms with van der Waals surface area (Å²) in [6.45, 7) is 3.78. The Hall–Kier alpha value is -1.27. The van der Waals surface area contributed by atoms with Gasteiger partial charge in [-0.15, -0.1) is 0 Å². The molecule has 0 saturated heterocycles. The van der Waals surface area contributed by atoms with Gasteiger partial charge in [0.2, 0.25) is 5.91 Å². The Morgan fingerprint density at radius 1 is 1.44 bits per heavy atom. The van der Waals surface area contributed by atoms with Crippen LogP contribution in [0.3, 0.4) is 0 Å². The summed E-state index contributed by atoms with van der Waals surface area (Å²) in [5.41, 5.74) is 6.57. The third-order valence-corrected chi connectivity index (χ3v) is 4.07. The molecule has 1 aromatic heterocycles. The number of carbonyl (C=O) groups is 2. The minimum Gasteiger partial charge on any atom is -0.320 e. The molecule has 0 bridgehead atoms. The molecule has 0 spiro atoms. The standard InChI is InChI=1S/C12H17N3O2S/c1-6(2)9(13)11(17)15-12-14-7-4-3-5-8(16)10(7)18-12/h6,9H,3-5,13H2,1-2H3,(H,14,15,17)/t9-/m0/s1. The normalized spacial score (nSPS) is 16.6. The van der Waals surface area contributed by atoms with Crippen LogP contribution in [0.4, 0.5) is 5.13 Å². The van der Waals surface area contributed by atoms with E-state index in [1.54, 1.807) is 0 Å². The van der Waals surface area contributed by atoms with E-state index >= 15 is 0 Å². The van der Waals surface area contributed by atoms with E-state index in [1.165, 1.54) is 11.3 Å². The molecular weight excluding hydrogens is 250 g/mol. The van der Waals surface area contributed by atoms with Gasteiger partial charge in [-0.1, -0.05) is 25.2 Å². The van der Waals surface area contributed by atoms with Gasteiger partial charge in [0.15, 0.2) is 10.9 Å². The van der Waals surface area contributed by atoms with Crippen molar-refractivity contribution in [3.05, 3.63) is 10.6 Å². The zero-order valence-electron chi connectivity index (χ0n) is 10.5. The molecule has 0 fully saturated rings. The van der Waals surface area contributed by atoms with E-state index in [-0.39, 0.29) is 17.6 Å². The summed E-state index contributed by atoms with van der Waals surface area (Å²) in [5, 5.41) is 3.17. The summed E-state index contributed by atoms with van der Waals surface area (Å²) in [6, 6.07) is -0.554. The number of aromatic nitrogens is 1. The van der Waals surface area contributed by atoms with Gasteiger partial charge in [0.25, 0.3) is 0 Å². The van der Waals surface area contributed by atoms with Crippen LogP contribution in [0, 0.1) is 5.92 Å². The third-order valence-electron chi connectivity index (χ3n) is 3.02. The summed E-state index contributed by atoms with van der Waals surface area (Å²) in [4.78, 5) is 28.4. The van der Waals surface area contributed by atoms with Crippen molar-refractivity contribution in [2.45, 2.75) is 39.2 Å². The molecule has 1 amide bonds. The second-order valence-electron chi connectivity index (χ2n) is 4.83. The van der Waals surface area contributed by atoms with Crippen LogP contribution < -0.4 is 11.1 Å². The molecule has 18 heavy (non-hydrogen) atoms. The molecule has 0 unspecified atom stereocenters. The topological polar surface area (TPSA) is 85.1 Å². The minimum atomic E-state index is -0.554. The summed E-state index contributed by atoms with van der Waals surface area (Å²) < 4.78 is 0. The fraction of sp³-hybridized carbons (Fsp3) is 0.583. The van der Waals surface area contributed by atoms with Crippen LogP contribution in [0.25, 0.3) is 0 Å². The molecule has 1 aliphatic rings. The van der Waals surface area contributed by atoms with Gasteiger partial charge in [0.1, 0.15) is 0 Å². The van der Waals surface area contributed by atoms with Crippen LogP contribution in [0.15, 0.2) is 0 Å². The smallest absolute Gasteiger partial charge is 0.243 e. The lowest BCUT2D eigenvalue weighted by Crippen LogP contribution is -2.39. The Morgan fingerprint density at radius 2 is 2.17 bits per heavy atom. The van der Waals surface area contributed by atoms with E-state index in [1.807, 2.05) is 13.8 Å². The second-order valence-corrected chi connectivity index (χ2v) is 5.83. The fourth-order valence-corrected chi connectivity index (χ4v) is 2.80. The first-order chi connectivity index (χ1) is 8.49. The van der Waals surface area contributed by atoms with Gasteiger partial charge in [0.05, 0.1) is 16.6 Å². The zero-order valence-corrected chi connectivity index (χ0v) is 11.3. The number of thiazole rings is 1. The molecular formula is C12H17N3O2S. The number of hydrogen-bond acceptors (Lipinski definition) is 5. The lowest BCUT2D eigenvalue weighted by atomic mass is 10.0. The fourth-order valence-electron chi connectivity index (χ4n) is 1.81. The van der Waals surface area contributed by atoms with Crippen molar-refractivity contribution >= 4 is 28.2 Å². The molecule has 1 atom stereocenters. The lowest BCUT2D eigenvalue weighted by Gasteiger charge is -2.13. The molecule has 0 aromatic carbocycles. The Morgan fingerprint density at radius 3 is 2.78 bits per heavy atom. The van der Waals surface area contributed by atoms with E-state index in [2.05, 4.69) is 10.3 Å². The van der Waals surface area contributed by atoms with Crippen molar-refractivity contribution in [1.82, 2.24) is 4.98 Å². The number of anilines is 1. The minimum absolute atomic E-state index is 0.0706. The molecule has 98 valence electrons. The number of aryl methyl sites for hydroxylation is 1. The molecule has 0 aliphatic heterocycles. The Labute approximate surface area is 110 Å². The quantitative estimate of drug-likeness (QED) is 0.870. The number of fused-ring (bicyclic) bond motifs is 1. The molecule has 5 nitrogen and oxygen atoms in total. The van der Waals surface area contributed by atoms with Gasteiger partial charge in [-0.25, -0.2) is 4.98 Å². The van der Waals surface area contributed by atoms with Gasteiger partial charge in [-0.2, -0.15) is 0 Å². The van der Waals surface area contributed by atoms with Crippen LogP contribution in [-0.4, -0.2) is 22.7 Å².